The number of fused-ring (bicyclic) bond motifs is 1. The predicted octanol–water partition coefficient (Wildman–Crippen LogP) is 2.64. The van der Waals surface area contributed by atoms with Gasteiger partial charge in [-0.05, 0) is 31.6 Å². The van der Waals surface area contributed by atoms with Crippen LogP contribution in [0.2, 0.25) is 0 Å². The Hall–Kier alpha value is -2.16. The van der Waals surface area contributed by atoms with Crippen LogP contribution in [0.15, 0.2) is 33.6 Å². The molecule has 3 N–H and O–H groups in total. The maximum absolute atomic E-state index is 10.7. The van der Waals surface area contributed by atoms with Crippen LogP contribution in [0, 0.1) is 11.8 Å². The van der Waals surface area contributed by atoms with E-state index in [1.54, 1.807) is 0 Å². The first-order valence-electron chi connectivity index (χ1n) is 11.9. The summed E-state index contributed by atoms with van der Waals surface area (Å²) in [5.74, 6) is 1.51. The Bertz CT molecular complexity index is 997. The number of aliphatic imine (C=N–C) groups is 1. The minimum absolute atomic E-state index is 0.0390. The standard InChI is InChI=1S/C24H34N5O3/c1-4-6-16-9-8-15(2)21(24(11-16)14-23(3,31)28-24)26-20-17(12-29-10-5-7-18(20)29)22-25-19(13-30)27-32-22/h5,7,10,12,15-17,21,28,30-31H,4,6,8-9,11,13-14H2,1-3H3/q+1. The normalized spacial score (nSPS) is 39.7. The van der Waals surface area contributed by atoms with E-state index in [0.29, 0.717) is 24.1 Å². The van der Waals surface area contributed by atoms with Crippen molar-refractivity contribution in [3.05, 3.63) is 35.8 Å². The fourth-order valence-electron chi connectivity index (χ4n) is 6.34. The summed E-state index contributed by atoms with van der Waals surface area (Å²) >= 11 is 0. The van der Waals surface area contributed by atoms with Gasteiger partial charge >= 0.3 is 0 Å². The number of hydrogen-bond donors (Lipinski definition) is 3. The Labute approximate surface area is 188 Å². The summed E-state index contributed by atoms with van der Waals surface area (Å²) in [4.78, 5) is 9.79. The van der Waals surface area contributed by atoms with Crippen molar-refractivity contribution in [2.24, 2.45) is 16.8 Å². The molecule has 3 aliphatic heterocycles. The summed E-state index contributed by atoms with van der Waals surface area (Å²) in [5.41, 5.74) is 0.897. The minimum atomic E-state index is -0.844. The highest BCUT2D eigenvalue weighted by Gasteiger charge is 2.58. The van der Waals surface area contributed by atoms with Crippen molar-refractivity contribution in [2.45, 2.75) is 89.1 Å². The lowest BCUT2D eigenvalue weighted by atomic mass is 9.67. The van der Waals surface area contributed by atoms with Crippen LogP contribution in [0.1, 0.15) is 76.9 Å². The first kappa shape index (κ1) is 21.7. The zero-order valence-electron chi connectivity index (χ0n) is 19.2. The summed E-state index contributed by atoms with van der Waals surface area (Å²) in [5, 5.41) is 27.5. The van der Waals surface area contributed by atoms with Gasteiger partial charge in [-0.2, -0.15) is 9.56 Å². The van der Waals surface area contributed by atoms with Crippen molar-refractivity contribution in [2.75, 3.05) is 0 Å². The summed E-state index contributed by atoms with van der Waals surface area (Å²) in [6.07, 6.45) is 14.6. The molecule has 0 aromatic carbocycles. The maximum Gasteiger partial charge on any atom is 0.246 e. The van der Waals surface area contributed by atoms with Gasteiger partial charge in [0.15, 0.2) is 24.2 Å². The smallest absolute Gasteiger partial charge is 0.246 e. The molecule has 1 saturated heterocycles. The molecule has 0 bridgehead atoms. The molecule has 1 aromatic heterocycles. The van der Waals surface area contributed by atoms with Crippen molar-refractivity contribution in [1.29, 1.82) is 0 Å². The van der Waals surface area contributed by atoms with E-state index in [9.17, 15) is 10.2 Å². The molecule has 8 nitrogen and oxygen atoms in total. The third-order valence-electron chi connectivity index (χ3n) is 7.48. The topological polar surface area (TPSA) is 107 Å². The molecule has 8 heteroatoms. The third kappa shape index (κ3) is 3.68. The zero-order chi connectivity index (χ0) is 22.5. The second kappa shape index (κ2) is 8.01. The van der Waals surface area contributed by atoms with Gasteiger partial charge < -0.3 is 14.7 Å². The molecule has 0 amide bonds. The molecule has 1 aliphatic carbocycles. The second-order valence-electron chi connectivity index (χ2n) is 10.2. The fraction of sp³-hybridized carbons (Fsp3) is 0.667. The number of allylic oxidation sites excluding steroid dienone is 3. The number of nitrogens with zero attached hydrogens (tertiary/aromatic N) is 4. The number of aliphatic hydroxyl groups excluding tert-OH is 1. The van der Waals surface area contributed by atoms with Crippen molar-refractivity contribution in [3.8, 4) is 0 Å². The average Bonchev–Trinajstić information content (AvgIpc) is 3.42. The van der Waals surface area contributed by atoms with Gasteiger partial charge in [-0.3, -0.25) is 10.3 Å². The Morgan fingerprint density at radius 1 is 1.38 bits per heavy atom. The summed E-state index contributed by atoms with van der Waals surface area (Å²) < 4.78 is 7.54. The van der Waals surface area contributed by atoms with Crippen molar-refractivity contribution >= 4 is 11.9 Å². The van der Waals surface area contributed by atoms with Crippen LogP contribution in [-0.2, 0) is 6.61 Å². The van der Waals surface area contributed by atoms with Gasteiger partial charge in [-0.15, -0.1) is 0 Å². The minimum Gasteiger partial charge on any atom is -0.388 e. The zero-order valence-corrected chi connectivity index (χ0v) is 19.2. The Morgan fingerprint density at radius 3 is 2.88 bits per heavy atom. The van der Waals surface area contributed by atoms with Gasteiger partial charge in [0, 0.05) is 24.1 Å². The van der Waals surface area contributed by atoms with Gasteiger partial charge in [-0.1, -0.05) is 38.3 Å². The number of hydrogen-bond acceptors (Lipinski definition) is 7. The predicted molar refractivity (Wildman–Crippen MR) is 120 cm³/mol. The van der Waals surface area contributed by atoms with Crippen LogP contribution in [0.3, 0.4) is 0 Å². The van der Waals surface area contributed by atoms with E-state index >= 15 is 0 Å². The quantitative estimate of drug-likeness (QED) is 0.608. The van der Waals surface area contributed by atoms with Crippen molar-refractivity contribution in [1.82, 2.24) is 15.5 Å². The molecule has 4 aliphatic rings. The SMILES string of the molecule is CCCC1CCC(C)C(N=C2C3=CC=C[N+]3=CC2c2nc(CO)no2)C2(C1)CC(C)(O)N2. The molecule has 6 unspecified atom stereocenters. The van der Waals surface area contributed by atoms with Gasteiger partial charge in [0.2, 0.25) is 11.6 Å². The van der Waals surface area contributed by atoms with Crippen LogP contribution < -0.4 is 5.32 Å². The Kier molecular flexibility index (Phi) is 5.42. The summed E-state index contributed by atoms with van der Waals surface area (Å²) in [6, 6.07) is 0.0390. The molecule has 32 heavy (non-hydrogen) atoms. The van der Waals surface area contributed by atoms with E-state index < -0.39 is 5.72 Å². The fourth-order valence-corrected chi connectivity index (χ4v) is 6.34. The van der Waals surface area contributed by atoms with Gasteiger partial charge in [0.25, 0.3) is 0 Å². The van der Waals surface area contributed by atoms with E-state index in [-0.39, 0.29) is 29.9 Å². The summed E-state index contributed by atoms with van der Waals surface area (Å²) in [7, 11) is 0. The number of rotatable bonds is 5. The molecule has 1 aromatic rings. The van der Waals surface area contributed by atoms with Crippen molar-refractivity contribution < 1.29 is 19.3 Å². The first-order valence-corrected chi connectivity index (χ1v) is 11.9. The van der Waals surface area contributed by atoms with E-state index in [4.69, 9.17) is 9.52 Å². The second-order valence-corrected chi connectivity index (χ2v) is 10.2. The lowest BCUT2D eigenvalue weighted by Crippen LogP contribution is -2.75. The molecule has 6 atom stereocenters. The number of nitrogens with one attached hydrogen (secondary N) is 1. The molecular formula is C24H34N5O3+. The molecule has 1 spiro atoms. The van der Waals surface area contributed by atoms with Crippen LogP contribution in [0.4, 0.5) is 0 Å². The maximum atomic E-state index is 10.7. The Morgan fingerprint density at radius 2 is 2.19 bits per heavy atom. The van der Waals surface area contributed by atoms with E-state index in [1.807, 2.05) is 25.4 Å². The van der Waals surface area contributed by atoms with Crippen LogP contribution >= 0.6 is 0 Å². The average molecular weight is 441 g/mol. The third-order valence-corrected chi connectivity index (χ3v) is 7.48. The molecule has 2 fully saturated rings. The molecule has 0 radical (unpaired) electrons. The van der Waals surface area contributed by atoms with E-state index in [0.717, 1.165) is 24.3 Å². The van der Waals surface area contributed by atoms with Gasteiger partial charge in [0.05, 0.1) is 6.04 Å². The highest BCUT2D eigenvalue weighted by molar-refractivity contribution is 6.14. The van der Waals surface area contributed by atoms with E-state index in [1.165, 1.54) is 19.3 Å². The molecule has 172 valence electrons. The molecule has 4 heterocycles. The van der Waals surface area contributed by atoms with Crippen LogP contribution in [-0.4, -0.2) is 54.2 Å². The highest BCUT2D eigenvalue weighted by Crippen LogP contribution is 2.48. The number of aliphatic hydroxyl groups is 2. The van der Waals surface area contributed by atoms with Crippen molar-refractivity contribution in [3.63, 3.8) is 0 Å². The van der Waals surface area contributed by atoms with Gasteiger partial charge in [-0.25, -0.2) is 0 Å². The van der Waals surface area contributed by atoms with Gasteiger partial charge in [0.1, 0.15) is 18.0 Å². The monoisotopic (exact) mass is 440 g/mol. The number of aromatic nitrogens is 2. The highest BCUT2D eigenvalue weighted by atomic mass is 16.5. The first-order chi connectivity index (χ1) is 15.3. The lowest BCUT2D eigenvalue weighted by molar-refractivity contribution is -0.377. The van der Waals surface area contributed by atoms with Crippen LogP contribution in [0.5, 0.6) is 0 Å². The largest absolute Gasteiger partial charge is 0.388 e. The Balaban J connectivity index is 1.54. The summed E-state index contributed by atoms with van der Waals surface area (Å²) in [6.45, 7) is 6.15. The lowest BCUT2D eigenvalue weighted by Gasteiger charge is -2.57. The molecule has 5 rings (SSSR count). The van der Waals surface area contributed by atoms with Crippen LogP contribution in [0.25, 0.3) is 0 Å². The molecule has 1 saturated carbocycles. The van der Waals surface area contributed by atoms with E-state index in [2.05, 4.69) is 40.0 Å². The molecular weight excluding hydrogens is 406 g/mol.